The fourth-order valence-corrected chi connectivity index (χ4v) is 1.77. The maximum absolute atomic E-state index is 13.3. The molecule has 0 heterocycles. The van der Waals surface area contributed by atoms with E-state index in [1.165, 1.54) is 6.07 Å². The summed E-state index contributed by atoms with van der Waals surface area (Å²) >= 11 is 0. The number of nitrogens with one attached hydrogen (secondary N) is 1. The molecule has 102 valence electrons. The van der Waals surface area contributed by atoms with E-state index in [2.05, 4.69) is 11.9 Å². The Morgan fingerprint density at radius 3 is 2.68 bits per heavy atom. The van der Waals surface area contributed by atoms with Crippen LogP contribution in [0, 0.1) is 18.7 Å². The first-order valence-electron chi connectivity index (χ1n) is 6.32. The second-order valence-corrected chi connectivity index (χ2v) is 4.75. The predicted octanol–water partition coefficient (Wildman–Crippen LogP) is 3.48. The zero-order valence-corrected chi connectivity index (χ0v) is 11.7. The number of hydrogen-bond acceptors (Lipinski definition) is 1. The maximum atomic E-state index is 13.3. The average molecular weight is 261 g/mol. The first kappa shape index (κ1) is 15.2. The number of rotatable bonds is 5. The van der Waals surface area contributed by atoms with Crippen molar-refractivity contribution in [2.45, 2.75) is 20.8 Å². The van der Waals surface area contributed by atoms with Gasteiger partial charge in [-0.15, -0.1) is 6.58 Å². The fraction of sp³-hybridized carbons (Fsp3) is 0.312. The van der Waals surface area contributed by atoms with E-state index in [1.54, 1.807) is 31.2 Å². The zero-order valence-electron chi connectivity index (χ0n) is 11.7. The standard InChI is InChI=1S/C16H20FNO/c1-5-8-18-16(19)10-14(11(2)3)13-6-7-15(17)12(4)9-13/h5-7,9-11H,1,8H2,2-4H3,(H,18,19)/b14-10+. The number of aryl methyl sites for hydroxylation is 1. The van der Waals surface area contributed by atoms with Gasteiger partial charge in [-0.25, -0.2) is 4.39 Å². The number of benzene rings is 1. The van der Waals surface area contributed by atoms with Crippen molar-refractivity contribution >= 4 is 11.5 Å². The van der Waals surface area contributed by atoms with Crippen LogP contribution in [0.2, 0.25) is 0 Å². The van der Waals surface area contributed by atoms with Crippen LogP contribution in [-0.4, -0.2) is 12.5 Å². The minimum Gasteiger partial charge on any atom is -0.349 e. The van der Waals surface area contributed by atoms with Crippen molar-refractivity contribution < 1.29 is 9.18 Å². The topological polar surface area (TPSA) is 29.1 Å². The second-order valence-electron chi connectivity index (χ2n) is 4.75. The number of allylic oxidation sites excluding steroid dienone is 1. The van der Waals surface area contributed by atoms with Gasteiger partial charge in [0.1, 0.15) is 5.82 Å². The van der Waals surface area contributed by atoms with Gasteiger partial charge in [-0.1, -0.05) is 26.0 Å². The van der Waals surface area contributed by atoms with Crippen LogP contribution in [0.1, 0.15) is 25.0 Å². The third kappa shape index (κ3) is 4.36. The lowest BCUT2D eigenvalue weighted by Crippen LogP contribution is -2.21. The molecule has 1 aromatic carbocycles. The summed E-state index contributed by atoms with van der Waals surface area (Å²) in [4.78, 5) is 11.7. The van der Waals surface area contributed by atoms with E-state index < -0.39 is 0 Å². The van der Waals surface area contributed by atoms with Gasteiger partial charge in [0.15, 0.2) is 0 Å². The van der Waals surface area contributed by atoms with Crippen molar-refractivity contribution in [3.8, 4) is 0 Å². The highest BCUT2D eigenvalue weighted by atomic mass is 19.1. The van der Waals surface area contributed by atoms with Crippen LogP contribution in [0.5, 0.6) is 0 Å². The summed E-state index contributed by atoms with van der Waals surface area (Å²) in [5.74, 6) is -0.215. The van der Waals surface area contributed by atoms with Crippen LogP contribution in [0.15, 0.2) is 36.9 Å². The van der Waals surface area contributed by atoms with E-state index >= 15 is 0 Å². The molecule has 0 unspecified atom stereocenters. The number of hydrogen-bond donors (Lipinski definition) is 1. The van der Waals surface area contributed by atoms with Crippen molar-refractivity contribution in [2.24, 2.45) is 5.92 Å². The van der Waals surface area contributed by atoms with Crippen molar-refractivity contribution in [3.05, 3.63) is 53.9 Å². The highest BCUT2D eigenvalue weighted by molar-refractivity contribution is 5.95. The summed E-state index contributed by atoms with van der Waals surface area (Å²) in [7, 11) is 0. The third-order valence-electron chi connectivity index (χ3n) is 2.82. The van der Waals surface area contributed by atoms with Crippen LogP contribution < -0.4 is 5.32 Å². The van der Waals surface area contributed by atoms with Crippen LogP contribution >= 0.6 is 0 Å². The fourth-order valence-electron chi connectivity index (χ4n) is 1.77. The van der Waals surface area contributed by atoms with Crippen LogP contribution in [0.3, 0.4) is 0 Å². The molecular formula is C16H20FNO. The minimum absolute atomic E-state index is 0.162. The first-order valence-corrected chi connectivity index (χ1v) is 6.32. The molecule has 3 heteroatoms. The number of halogens is 1. The Labute approximate surface area is 114 Å². The van der Waals surface area contributed by atoms with Crippen LogP contribution in [0.25, 0.3) is 5.57 Å². The van der Waals surface area contributed by atoms with Crippen LogP contribution in [-0.2, 0) is 4.79 Å². The Morgan fingerprint density at radius 2 is 2.16 bits per heavy atom. The molecule has 1 rings (SSSR count). The molecule has 0 spiro atoms. The number of amides is 1. The van der Waals surface area contributed by atoms with E-state index in [9.17, 15) is 9.18 Å². The molecular weight excluding hydrogens is 241 g/mol. The van der Waals surface area contributed by atoms with Gasteiger partial charge in [-0.2, -0.15) is 0 Å². The average Bonchev–Trinajstić information content (AvgIpc) is 2.36. The van der Waals surface area contributed by atoms with Crippen molar-refractivity contribution in [3.63, 3.8) is 0 Å². The quantitative estimate of drug-likeness (QED) is 0.638. The van der Waals surface area contributed by atoms with Crippen molar-refractivity contribution in [1.82, 2.24) is 5.32 Å². The molecule has 1 amide bonds. The van der Waals surface area contributed by atoms with E-state index in [4.69, 9.17) is 0 Å². The van der Waals surface area contributed by atoms with Gasteiger partial charge in [0.2, 0.25) is 5.91 Å². The van der Waals surface area contributed by atoms with Gasteiger partial charge in [0, 0.05) is 12.6 Å². The largest absolute Gasteiger partial charge is 0.349 e. The molecule has 0 atom stereocenters. The van der Waals surface area contributed by atoms with Gasteiger partial charge in [0.05, 0.1) is 0 Å². The molecule has 0 saturated heterocycles. The Balaban J connectivity index is 3.06. The highest BCUT2D eigenvalue weighted by Gasteiger charge is 2.10. The lowest BCUT2D eigenvalue weighted by atomic mass is 9.93. The summed E-state index contributed by atoms with van der Waals surface area (Å²) in [6, 6.07) is 4.90. The molecule has 0 radical (unpaired) electrons. The summed E-state index contributed by atoms with van der Waals surface area (Å²) in [6.45, 7) is 9.71. The summed E-state index contributed by atoms with van der Waals surface area (Å²) in [5.41, 5.74) is 2.35. The van der Waals surface area contributed by atoms with E-state index in [-0.39, 0.29) is 17.6 Å². The lowest BCUT2D eigenvalue weighted by molar-refractivity contribution is -0.116. The van der Waals surface area contributed by atoms with Gasteiger partial charge in [-0.05, 0) is 41.7 Å². The number of carbonyl (C=O) groups excluding carboxylic acids is 1. The van der Waals surface area contributed by atoms with Gasteiger partial charge < -0.3 is 5.32 Å². The molecule has 1 N–H and O–H groups in total. The summed E-state index contributed by atoms with van der Waals surface area (Å²) in [6.07, 6.45) is 3.20. The van der Waals surface area contributed by atoms with Crippen molar-refractivity contribution in [2.75, 3.05) is 6.54 Å². The normalized spacial score (nSPS) is 11.5. The smallest absolute Gasteiger partial charge is 0.244 e. The Morgan fingerprint density at radius 1 is 1.47 bits per heavy atom. The molecule has 0 bridgehead atoms. The van der Waals surface area contributed by atoms with E-state index in [0.717, 1.165) is 11.1 Å². The van der Waals surface area contributed by atoms with E-state index in [1.807, 2.05) is 13.8 Å². The molecule has 2 nitrogen and oxygen atoms in total. The molecule has 19 heavy (non-hydrogen) atoms. The summed E-state index contributed by atoms with van der Waals surface area (Å²) in [5, 5.41) is 2.71. The molecule has 0 aliphatic rings. The van der Waals surface area contributed by atoms with Gasteiger partial charge in [0.25, 0.3) is 0 Å². The van der Waals surface area contributed by atoms with Crippen LogP contribution in [0.4, 0.5) is 4.39 Å². The van der Waals surface area contributed by atoms with E-state index in [0.29, 0.717) is 12.1 Å². The molecule has 0 aromatic heterocycles. The molecule has 0 aliphatic heterocycles. The second kappa shape index (κ2) is 6.88. The molecule has 0 fully saturated rings. The Kier molecular flexibility index (Phi) is 5.49. The van der Waals surface area contributed by atoms with Crippen molar-refractivity contribution in [1.29, 1.82) is 0 Å². The predicted molar refractivity (Wildman–Crippen MR) is 77.2 cm³/mol. The monoisotopic (exact) mass is 261 g/mol. The number of carbonyl (C=O) groups is 1. The SMILES string of the molecule is C=CCNC(=O)/C=C(/c1ccc(F)c(C)c1)C(C)C. The molecule has 0 saturated carbocycles. The maximum Gasteiger partial charge on any atom is 0.244 e. The third-order valence-corrected chi connectivity index (χ3v) is 2.82. The highest BCUT2D eigenvalue weighted by Crippen LogP contribution is 2.24. The molecule has 1 aromatic rings. The summed E-state index contributed by atoms with van der Waals surface area (Å²) < 4.78 is 13.3. The van der Waals surface area contributed by atoms with Gasteiger partial charge in [-0.3, -0.25) is 4.79 Å². The Bertz CT molecular complexity index is 503. The first-order chi connectivity index (χ1) is 8.95. The Hall–Kier alpha value is -1.90. The minimum atomic E-state index is -0.233. The van der Waals surface area contributed by atoms with Gasteiger partial charge >= 0.3 is 0 Å². The zero-order chi connectivity index (χ0) is 14.4. The lowest BCUT2D eigenvalue weighted by Gasteiger charge is -2.13. The molecule has 0 aliphatic carbocycles.